The summed E-state index contributed by atoms with van der Waals surface area (Å²) in [7, 11) is -1.90. The van der Waals surface area contributed by atoms with E-state index < -0.39 is 10.0 Å². The fourth-order valence-corrected chi connectivity index (χ4v) is 4.20. The van der Waals surface area contributed by atoms with Crippen molar-refractivity contribution in [2.45, 2.75) is 32.7 Å². The zero-order chi connectivity index (χ0) is 21.0. The Bertz CT molecular complexity index is 965. The van der Waals surface area contributed by atoms with Crippen LogP contribution < -0.4 is 14.5 Å². The minimum Gasteiger partial charge on any atom is -0.372 e. The Labute approximate surface area is 173 Å². The topological polar surface area (TPSA) is 69.7 Å². The summed E-state index contributed by atoms with van der Waals surface area (Å²) in [5.41, 5.74) is 3.88. The third-order valence-corrected chi connectivity index (χ3v) is 6.69. The molecule has 1 fully saturated rings. The lowest BCUT2D eigenvalue weighted by molar-refractivity contribution is 0.0950. The Hall–Kier alpha value is -2.54. The van der Waals surface area contributed by atoms with Crippen molar-refractivity contribution in [1.29, 1.82) is 0 Å². The summed E-state index contributed by atoms with van der Waals surface area (Å²) in [5.74, 6) is -0.216. The van der Waals surface area contributed by atoms with E-state index in [1.54, 1.807) is 25.1 Å². The summed E-state index contributed by atoms with van der Waals surface area (Å²) in [6, 6.07) is 13.4. The first kappa shape index (κ1) is 21.2. The van der Waals surface area contributed by atoms with Gasteiger partial charge in [0.05, 0.1) is 11.9 Å². The summed E-state index contributed by atoms with van der Waals surface area (Å²) < 4.78 is 24.9. The monoisotopic (exact) mass is 415 g/mol. The first-order valence-corrected chi connectivity index (χ1v) is 11.8. The van der Waals surface area contributed by atoms with Crippen LogP contribution in [0.1, 0.15) is 40.7 Å². The molecule has 2 aromatic carbocycles. The van der Waals surface area contributed by atoms with Crippen molar-refractivity contribution < 1.29 is 13.2 Å². The van der Waals surface area contributed by atoms with Crippen LogP contribution in [0.15, 0.2) is 42.5 Å². The molecule has 2 aromatic rings. The Morgan fingerprint density at radius 2 is 1.72 bits per heavy atom. The molecule has 0 bridgehead atoms. The van der Waals surface area contributed by atoms with Crippen LogP contribution in [0.3, 0.4) is 0 Å². The van der Waals surface area contributed by atoms with Gasteiger partial charge in [0.1, 0.15) is 0 Å². The summed E-state index contributed by atoms with van der Waals surface area (Å²) in [6.07, 6.45) is 4.93. The molecule has 156 valence electrons. The lowest BCUT2D eigenvalue weighted by atomic mass is 10.1. The van der Waals surface area contributed by atoms with Crippen LogP contribution in [-0.2, 0) is 16.6 Å². The maximum Gasteiger partial charge on any atom is 0.251 e. The van der Waals surface area contributed by atoms with E-state index in [9.17, 15) is 13.2 Å². The van der Waals surface area contributed by atoms with E-state index in [0.29, 0.717) is 23.4 Å². The lowest BCUT2D eigenvalue weighted by Crippen LogP contribution is -2.29. The highest BCUT2D eigenvalue weighted by Crippen LogP contribution is 2.24. The Kier molecular flexibility index (Phi) is 6.47. The standard InChI is InChI=1S/C22H29N3O3S/c1-17-20(8-7-9-21(17)24(2)29(3,27)28)22(26)23-16-18-10-12-19(13-11-18)25-14-5-4-6-15-25/h7-13H,4-6,14-16H2,1-3H3,(H,23,26). The first-order valence-electron chi connectivity index (χ1n) is 9.93. The number of piperidine rings is 1. The molecular weight excluding hydrogens is 386 g/mol. The average molecular weight is 416 g/mol. The molecule has 1 aliphatic rings. The predicted molar refractivity (Wildman–Crippen MR) is 118 cm³/mol. The molecule has 6 nitrogen and oxygen atoms in total. The minimum absolute atomic E-state index is 0.216. The number of carbonyl (C=O) groups excluding carboxylic acids is 1. The average Bonchev–Trinajstić information content (AvgIpc) is 2.72. The molecule has 7 heteroatoms. The van der Waals surface area contributed by atoms with E-state index in [1.165, 1.54) is 36.3 Å². The zero-order valence-corrected chi connectivity index (χ0v) is 18.1. The van der Waals surface area contributed by atoms with Gasteiger partial charge in [0.2, 0.25) is 10.0 Å². The second-order valence-electron chi connectivity index (χ2n) is 7.58. The third kappa shape index (κ3) is 5.09. The van der Waals surface area contributed by atoms with Gasteiger partial charge in [-0.2, -0.15) is 0 Å². The second-order valence-corrected chi connectivity index (χ2v) is 9.59. The van der Waals surface area contributed by atoms with Crippen molar-refractivity contribution in [1.82, 2.24) is 5.32 Å². The number of sulfonamides is 1. The number of nitrogens with zero attached hydrogens (tertiary/aromatic N) is 2. The molecule has 0 aromatic heterocycles. The van der Waals surface area contributed by atoms with E-state index >= 15 is 0 Å². The number of rotatable bonds is 6. The van der Waals surface area contributed by atoms with Crippen molar-refractivity contribution >= 4 is 27.3 Å². The third-order valence-electron chi connectivity index (χ3n) is 5.50. The number of benzene rings is 2. The van der Waals surface area contributed by atoms with Crippen LogP contribution in [0, 0.1) is 6.92 Å². The molecule has 1 N–H and O–H groups in total. The highest BCUT2D eigenvalue weighted by Gasteiger charge is 2.18. The van der Waals surface area contributed by atoms with Gasteiger partial charge in [-0.05, 0) is 61.6 Å². The molecule has 0 spiro atoms. The quantitative estimate of drug-likeness (QED) is 0.786. The van der Waals surface area contributed by atoms with Crippen molar-refractivity contribution in [3.63, 3.8) is 0 Å². The summed E-state index contributed by atoms with van der Waals surface area (Å²) in [4.78, 5) is 15.1. The molecule has 1 saturated heterocycles. The van der Waals surface area contributed by atoms with Crippen LogP contribution in [0.2, 0.25) is 0 Å². The fourth-order valence-electron chi connectivity index (χ4n) is 3.64. The molecule has 0 aliphatic carbocycles. The molecule has 1 heterocycles. The second kappa shape index (κ2) is 8.86. The smallest absolute Gasteiger partial charge is 0.251 e. The summed E-state index contributed by atoms with van der Waals surface area (Å²) in [5, 5.41) is 2.94. The van der Waals surface area contributed by atoms with Gasteiger partial charge >= 0.3 is 0 Å². The molecule has 0 unspecified atom stereocenters. The normalized spacial score (nSPS) is 14.5. The maximum atomic E-state index is 12.7. The zero-order valence-electron chi connectivity index (χ0n) is 17.3. The van der Waals surface area contributed by atoms with Crippen molar-refractivity contribution in [3.05, 3.63) is 59.2 Å². The van der Waals surface area contributed by atoms with E-state index in [4.69, 9.17) is 0 Å². The van der Waals surface area contributed by atoms with E-state index in [0.717, 1.165) is 24.9 Å². The molecule has 0 radical (unpaired) electrons. The minimum atomic E-state index is -3.39. The molecule has 29 heavy (non-hydrogen) atoms. The van der Waals surface area contributed by atoms with Crippen LogP contribution in [0.25, 0.3) is 0 Å². The van der Waals surface area contributed by atoms with E-state index in [1.807, 2.05) is 12.1 Å². The van der Waals surface area contributed by atoms with E-state index in [-0.39, 0.29) is 5.91 Å². The highest BCUT2D eigenvalue weighted by molar-refractivity contribution is 7.92. The van der Waals surface area contributed by atoms with Gasteiger partial charge < -0.3 is 10.2 Å². The van der Waals surface area contributed by atoms with Gasteiger partial charge in [0.25, 0.3) is 5.91 Å². The Morgan fingerprint density at radius 1 is 1.07 bits per heavy atom. The highest BCUT2D eigenvalue weighted by atomic mass is 32.2. The van der Waals surface area contributed by atoms with Crippen molar-refractivity contribution in [3.8, 4) is 0 Å². The first-order chi connectivity index (χ1) is 13.8. The van der Waals surface area contributed by atoms with Gasteiger partial charge in [0.15, 0.2) is 0 Å². The van der Waals surface area contributed by atoms with Gasteiger partial charge in [0, 0.05) is 37.9 Å². The van der Waals surface area contributed by atoms with Gasteiger partial charge in [-0.15, -0.1) is 0 Å². The SMILES string of the molecule is Cc1c(C(=O)NCc2ccc(N3CCCCC3)cc2)cccc1N(C)S(C)(=O)=O. The Morgan fingerprint density at radius 3 is 2.34 bits per heavy atom. The van der Waals surface area contributed by atoms with Crippen molar-refractivity contribution in [2.75, 3.05) is 35.6 Å². The number of hydrogen-bond acceptors (Lipinski definition) is 4. The molecule has 3 rings (SSSR count). The van der Waals surface area contributed by atoms with E-state index in [2.05, 4.69) is 22.3 Å². The Balaban J connectivity index is 1.66. The lowest BCUT2D eigenvalue weighted by Gasteiger charge is -2.28. The number of anilines is 2. The summed E-state index contributed by atoms with van der Waals surface area (Å²) >= 11 is 0. The molecule has 0 atom stereocenters. The van der Waals surface area contributed by atoms with Gasteiger partial charge in [-0.3, -0.25) is 9.10 Å². The fraction of sp³-hybridized carbons (Fsp3) is 0.409. The predicted octanol–water partition coefficient (Wildman–Crippen LogP) is 3.31. The number of hydrogen-bond donors (Lipinski definition) is 1. The maximum absolute atomic E-state index is 12.7. The van der Waals surface area contributed by atoms with Gasteiger partial charge in [-0.25, -0.2) is 8.42 Å². The molecular formula is C22H29N3O3S. The van der Waals surface area contributed by atoms with Crippen LogP contribution in [0.5, 0.6) is 0 Å². The van der Waals surface area contributed by atoms with Gasteiger partial charge in [-0.1, -0.05) is 18.2 Å². The van der Waals surface area contributed by atoms with Crippen LogP contribution in [-0.4, -0.2) is 40.7 Å². The number of amides is 1. The summed E-state index contributed by atoms with van der Waals surface area (Å²) in [6.45, 7) is 4.39. The molecule has 0 saturated carbocycles. The van der Waals surface area contributed by atoms with Crippen LogP contribution >= 0.6 is 0 Å². The molecule has 1 aliphatic heterocycles. The number of nitrogens with one attached hydrogen (secondary N) is 1. The number of carbonyl (C=O) groups is 1. The largest absolute Gasteiger partial charge is 0.372 e. The van der Waals surface area contributed by atoms with Crippen molar-refractivity contribution in [2.24, 2.45) is 0 Å². The molecule has 1 amide bonds. The van der Waals surface area contributed by atoms with Crippen LogP contribution in [0.4, 0.5) is 11.4 Å².